The molecule has 0 atom stereocenters. The number of rotatable bonds is 6. The van der Waals surface area contributed by atoms with E-state index in [9.17, 15) is 8.42 Å². The lowest BCUT2D eigenvalue weighted by Gasteiger charge is -2.08. The third-order valence-corrected chi connectivity index (χ3v) is 3.23. The SMILES string of the molecule is CCc1cc(NCCS(C)(=O)=O)nc(CC)n1. The first-order valence-corrected chi connectivity index (χ1v) is 7.79. The van der Waals surface area contributed by atoms with Crippen LogP contribution in [-0.4, -0.2) is 36.9 Å². The van der Waals surface area contributed by atoms with Crippen molar-refractivity contribution < 1.29 is 8.42 Å². The van der Waals surface area contributed by atoms with E-state index in [1.54, 1.807) is 0 Å². The zero-order chi connectivity index (χ0) is 12.9. The van der Waals surface area contributed by atoms with Crippen LogP contribution in [0.15, 0.2) is 6.07 Å². The van der Waals surface area contributed by atoms with Gasteiger partial charge in [-0.2, -0.15) is 0 Å². The third kappa shape index (κ3) is 5.12. The second kappa shape index (κ2) is 5.95. The van der Waals surface area contributed by atoms with Gasteiger partial charge in [-0.15, -0.1) is 0 Å². The summed E-state index contributed by atoms with van der Waals surface area (Å²) < 4.78 is 22.0. The van der Waals surface area contributed by atoms with E-state index in [4.69, 9.17) is 0 Å². The second-order valence-corrected chi connectivity index (χ2v) is 6.18. The first-order valence-electron chi connectivity index (χ1n) is 5.73. The summed E-state index contributed by atoms with van der Waals surface area (Å²) in [4.78, 5) is 8.66. The molecular weight excluding hydrogens is 238 g/mol. The number of aryl methyl sites for hydroxylation is 2. The maximum absolute atomic E-state index is 11.0. The minimum absolute atomic E-state index is 0.111. The van der Waals surface area contributed by atoms with E-state index in [1.807, 2.05) is 19.9 Å². The summed E-state index contributed by atoms with van der Waals surface area (Å²) in [5.41, 5.74) is 0.971. The maximum Gasteiger partial charge on any atom is 0.149 e. The van der Waals surface area contributed by atoms with Gasteiger partial charge in [-0.1, -0.05) is 13.8 Å². The van der Waals surface area contributed by atoms with E-state index in [0.717, 1.165) is 24.4 Å². The Morgan fingerprint density at radius 2 is 1.94 bits per heavy atom. The molecule has 0 spiro atoms. The van der Waals surface area contributed by atoms with Crippen LogP contribution in [0.2, 0.25) is 0 Å². The van der Waals surface area contributed by atoms with Crippen LogP contribution in [-0.2, 0) is 22.7 Å². The summed E-state index contributed by atoms with van der Waals surface area (Å²) in [6.45, 7) is 4.40. The lowest BCUT2D eigenvalue weighted by atomic mass is 10.3. The van der Waals surface area contributed by atoms with Crippen LogP contribution >= 0.6 is 0 Å². The number of sulfone groups is 1. The van der Waals surface area contributed by atoms with Crippen LogP contribution in [0.1, 0.15) is 25.4 Å². The lowest BCUT2D eigenvalue weighted by Crippen LogP contribution is -2.15. The highest BCUT2D eigenvalue weighted by molar-refractivity contribution is 7.90. The zero-order valence-electron chi connectivity index (χ0n) is 10.5. The van der Waals surface area contributed by atoms with E-state index in [-0.39, 0.29) is 5.75 Å². The molecule has 1 rings (SSSR count). The fourth-order valence-corrected chi connectivity index (χ4v) is 1.82. The van der Waals surface area contributed by atoms with Crippen LogP contribution in [0, 0.1) is 0 Å². The minimum atomic E-state index is -2.93. The van der Waals surface area contributed by atoms with Crippen molar-refractivity contribution in [1.29, 1.82) is 0 Å². The Balaban J connectivity index is 2.70. The topological polar surface area (TPSA) is 72.0 Å². The molecule has 96 valence electrons. The number of nitrogens with one attached hydrogen (secondary N) is 1. The molecule has 0 saturated carbocycles. The second-order valence-electron chi connectivity index (χ2n) is 3.92. The molecule has 1 aromatic rings. The summed E-state index contributed by atoms with van der Waals surface area (Å²) in [5, 5.41) is 3.02. The minimum Gasteiger partial charge on any atom is -0.369 e. The van der Waals surface area contributed by atoms with Gasteiger partial charge in [-0.05, 0) is 6.42 Å². The van der Waals surface area contributed by atoms with Gasteiger partial charge >= 0.3 is 0 Å². The number of hydrogen-bond donors (Lipinski definition) is 1. The normalized spacial score (nSPS) is 11.5. The molecule has 0 aliphatic heterocycles. The molecule has 1 aromatic heterocycles. The van der Waals surface area contributed by atoms with Gasteiger partial charge in [0.1, 0.15) is 21.5 Å². The molecule has 0 radical (unpaired) electrons. The number of aromatic nitrogens is 2. The highest BCUT2D eigenvalue weighted by Gasteiger charge is 2.04. The van der Waals surface area contributed by atoms with Crippen molar-refractivity contribution >= 4 is 15.7 Å². The first-order chi connectivity index (χ1) is 7.94. The monoisotopic (exact) mass is 257 g/mol. The van der Waals surface area contributed by atoms with E-state index >= 15 is 0 Å². The highest BCUT2D eigenvalue weighted by atomic mass is 32.2. The molecule has 0 aromatic carbocycles. The van der Waals surface area contributed by atoms with Gasteiger partial charge in [0.15, 0.2) is 0 Å². The Morgan fingerprint density at radius 1 is 1.24 bits per heavy atom. The van der Waals surface area contributed by atoms with Crippen LogP contribution in [0.3, 0.4) is 0 Å². The van der Waals surface area contributed by atoms with Crippen molar-refractivity contribution in [3.63, 3.8) is 0 Å². The number of nitrogens with zero attached hydrogens (tertiary/aromatic N) is 2. The maximum atomic E-state index is 11.0. The van der Waals surface area contributed by atoms with Gasteiger partial charge in [-0.3, -0.25) is 0 Å². The van der Waals surface area contributed by atoms with E-state index < -0.39 is 9.84 Å². The Hall–Kier alpha value is -1.17. The average molecular weight is 257 g/mol. The molecule has 1 heterocycles. The van der Waals surface area contributed by atoms with Crippen molar-refractivity contribution in [2.45, 2.75) is 26.7 Å². The van der Waals surface area contributed by atoms with Crippen molar-refractivity contribution in [1.82, 2.24) is 9.97 Å². The van der Waals surface area contributed by atoms with Gasteiger partial charge in [0.25, 0.3) is 0 Å². The van der Waals surface area contributed by atoms with Crippen molar-refractivity contribution in [3.05, 3.63) is 17.6 Å². The predicted octanol–water partition coefficient (Wildman–Crippen LogP) is 1.06. The van der Waals surface area contributed by atoms with E-state index in [0.29, 0.717) is 12.4 Å². The molecule has 0 unspecified atom stereocenters. The van der Waals surface area contributed by atoms with E-state index in [1.165, 1.54) is 6.26 Å². The summed E-state index contributed by atoms with van der Waals surface area (Å²) in [5.74, 6) is 1.60. The first kappa shape index (κ1) is 13.9. The third-order valence-electron chi connectivity index (χ3n) is 2.28. The number of anilines is 1. The standard InChI is InChI=1S/C11H19N3O2S/c1-4-9-8-11(14-10(5-2)13-9)12-6-7-17(3,15)16/h8H,4-7H2,1-3H3,(H,12,13,14). The molecule has 0 aliphatic rings. The molecule has 6 heteroatoms. The lowest BCUT2D eigenvalue weighted by molar-refractivity contribution is 0.602. The molecule has 17 heavy (non-hydrogen) atoms. The molecule has 0 aliphatic carbocycles. The van der Waals surface area contributed by atoms with Gasteiger partial charge in [0.05, 0.1) is 5.75 Å². The molecule has 5 nitrogen and oxygen atoms in total. The van der Waals surface area contributed by atoms with Gasteiger partial charge in [-0.25, -0.2) is 18.4 Å². The van der Waals surface area contributed by atoms with Gasteiger partial charge in [0, 0.05) is 31.0 Å². The van der Waals surface area contributed by atoms with Crippen molar-refractivity contribution in [2.75, 3.05) is 23.9 Å². The van der Waals surface area contributed by atoms with Crippen molar-refractivity contribution in [2.24, 2.45) is 0 Å². The fraction of sp³-hybridized carbons (Fsp3) is 0.636. The van der Waals surface area contributed by atoms with Crippen molar-refractivity contribution in [3.8, 4) is 0 Å². The van der Waals surface area contributed by atoms with Crippen LogP contribution in [0.4, 0.5) is 5.82 Å². The summed E-state index contributed by atoms with van der Waals surface area (Å²) in [6, 6.07) is 1.86. The highest BCUT2D eigenvalue weighted by Crippen LogP contribution is 2.08. The molecule has 0 amide bonds. The molecule has 0 bridgehead atoms. The quantitative estimate of drug-likeness (QED) is 0.825. The Kier molecular flexibility index (Phi) is 4.86. The smallest absolute Gasteiger partial charge is 0.149 e. The van der Waals surface area contributed by atoms with Gasteiger partial charge in [0.2, 0.25) is 0 Å². The van der Waals surface area contributed by atoms with Crippen LogP contribution in [0.25, 0.3) is 0 Å². The zero-order valence-corrected chi connectivity index (χ0v) is 11.3. The van der Waals surface area contributed by atoms with Crippen LogP contribution in [0.5, 0.6) is 0 Å². The van der Waals surface area contributed by atoms with E-state index in [2.05, 4.69) is 15.3 Å². The largest absolute Gasteiger partial charge is 0.369 e. The predicted molar refractivity (Wildman–Crippen MR) is 69.0 cm³/mol. The molecular formula is C11H19N3O2S. The Bertz CT molecular complexity index is 449. The Labute approximate surface area is 103 Å². The number of hydrogen-bond acceptors (Lipinski definition) is 5. The summed E-state index contributed by atoms with van der Waals surface area (Å²) >= 11 is 0. The van der Waals surface area contributed by atoms with Crippen LogP contribution < -0.4 is 5.32 Å². The average Bonchev–Trinajstić information content (AvgIpc) is 2.26. The molecule has 0 fully saturated rings. The Morgan fingerprint density at radius 3 is 2.47 bits per heavy atom. The molecule has 1 N–H and O–H groups in total. The fourth-order valence-electron chi connectivity index (χ4n) is 1.35. The van der Waals surface area contributed by atoms with Gasteiger partial charge < -0.3 is 5.32 Å². The summed E-state index contributed by atoms with van der Waals surface area (Å²) in [6.07, 6.45) is 2.84. The summed E-state index contributed by atoms with van der Waals surface area (Å²) in [7, 11) is -2.93. The molecule has 0 saturated heterocycles.